The summed E-state index contributed by atoms with van der Waals surface area (Å²) in [6.45, 7) is 0. The SMILES string of the molecule is COC(=O)c1cnc2nc(Cl)[nH]c2c1. The number of halogens is 1. The van der Waals surface area contributed by atoms with Gasteiger partial charge in [-0.25, -0.2) is 9.78 Å². The Bertz CT molecular complexity index is 494. The lowest BCUT2D eigenvalue weighted by Crippen LogP contribution is -2.01. The predicted octanol–water partition coefficient (Wildman–Crippen LogP) is 1.40. The Balaban J connectivity index is 2.55. The smallest absolute Gasteiger partial charge is 0.339 e. The van der Waals surface area contributed by atoms with Gasteiger partial charge in [-0.1, -0.05) is 0 Å². The molecule has 0 aliphatic heterocycles. The van der Waals surface area contributed by atoms with E-state index >= 15 is 0 Å². The van der Waals surface area contributed by atoms with E-state index in [-0.39, 0.29) is 5.28 Å². The molecule has 0 aliphatic carbocycles. The predicted molar refractivity (Wildman–Crippen MR) is 50.2 cm³/mol. The van der Waals surface area contributed by atoms with Crippen LogP contribution in [0.15, 0.2) is 12.3 Å². The average Bonchev–Trinajstić information content (AvgIpc) is 2.55. The molecule has 0 fully saturated rings. The first-order valence-electron chi connectivity index (χ1n) is 3.80. The molecule has 5 nitrogen and oxygen atoms in total. The second-order valence-electron chi connectivity index (χ2n) is 2.61. The van der Waals surface area contributed by atoms with Crippen LogP contribution in [0.4, 0.5) is 0 Å². The summed E-state index contributed by atoms with van der Waals surface area (Å²) in [6, 6.07) is 1.59. The molecule has 14 heavy (non-hydrogen) atoms. The summed E-state index contributed by atoms with van der Waals surface area (Å²) < 4.78 is 4.55. The lowest BCUT2D eigenvalue weighted by Gasteiger charge is -1.96. The molecule has 2 aromatic rings. The quantitative estimate of drug-likeness (QED) is 0.724. The number of carbonyl (C=O) groups excluding carboxylic acids is 1. The van der Waals surface area contributed by atoms with E-state index in [1.165, 1.54) is 13.3 Å². The highest BCUT2D eigenvalue weighted by molar-refractivity contribution is 6.29. The van der Waals surface area contributed by atoms with Gasteiger partial charge in [0.25, 0.3) is 0 Å². The van der Waals surface area contributed by atoms with Gasteiger partial charge in [0.05, 0.1) is 18.2 Å². The first-order valence-corrected chi connectivity index (χ1v) is 4.18. The van der Waals surface area contributed by atoms with Crippen LogP contribution in [0.3, 0.4) is 0 Å². The molecule has 0 amide bonds. The van der Waals surface area contributed by atoms with Gasteiger partial charge in [-0.3, -0.25) is 0 Å². The minimum absolute atomic E-state index is 0.245. The van der Waals surface area contributed by atoms with Gasteiger partial charge in [0.2, 0.25) is 5.28 Å². The fourth-order valence-corrected chi connectivity index (χ4v) is 1.28. The van der Waals surface area contributed by atoms with Gasteiger partial charge in [0.1, 0.15) is 0 Å². The highest BCUT2D eigenvalue weighted by atomic mass is 35.5. The van der Waals surface area contributed by atoms with E-state index in [2.05, 4.69) is 19.7 Å². The van der Waals surface area contributed by atoms with Crippen LogP contribution in [0.5, 0.6) is 0 Å². The molecule has 0 aromatic carbocycles. The van der Waals surface area contributed by atoms with Gasteiger partial charge < -0.3 is 9.72 Å². The number of hydrogen-bond donors (Lipinski definition) is 1. The zero-order chi connectivity index (χ0) is 10.1. The number of nitrogens with one attached hydrogen (secondary N) is 1. The Morgan fingerprint density at radius 1 is 1.64 bits per heavy atom. The van der Waals surface area contributed by atoms with E-state index in [9.17, 15) is 4.79 Å². The van der Waals surface area contributed by atoms with Crippen molar-refractivity contribution < 1.29 is 9.53 Å². The number of imidazole rings is 1. The van der Waals surface area contributed by atoms with Crippen LogP contribution in [0.25, 0.3) is 11.2 Å². The number of fused-ring (bicyclic) bond motifs is 1. The average molecular weight is 212 g/mol. The van der Waals surface area contributed by atoms with E-state index in [4.69, 9.17) is 11.6 Å². The van der Waals surface area contributed by atoms with E-state index in [1.54, 1.807) is 6.07 Å². The van der Waals surface area contributed by atoms with Crippen molar-refractivity contribution in [2.24, 2.45) is 0 Å². The van der Waals surface area contributed by atoms with Crippen LogP contribution < -0.4 is 0 Å². The molecule has 0 saturated heterocycles. The number of esters is 1. The van der Waals surface area contributed by atoms with Crippen LogP contribution in [0.2, 0.25) is 5.28 Å². The van der Waals surface area contributed by atoms with E-state index in [1.807, 2.05) is 0 Å². The number of pyridine rings is 1. The second-order valence-corrected chi connectivity index (χ2v) is 2.97. The molecule has 2 heterocycles. The highest BCUT2D eigenvalue weighted by Gasteiger charge is 2.08. The van der Waals surface area contributed by atoms with Gasteiger partial charge >= 0.3 is 5.97 Å². The minimum atomic E-state index is -0.440. The monoisotopic (exact) mass is 211 g/mol. The normalized spacial score (nSPS) is 10.4. The number of carbonyl (C=O) groups is 1. The molecule has 0 spiro atoms. The number of nitrogens with zero attached hydrogens (tertiary/aromatic N) is 2. The Labute approximate surface area is 84.1 Å². The van der Waals surface area contributed by atoms with E-state index in [0.717, 1.165) is 0 Å². The first-order chi connectivity index (χ1) is 6.70. The number of methoxy groups -OCH3 is 1. The first kappa shape index (κ1) is 8.96. The van der Waals surface area contributed by atoms with Gasteiger partial charge in [0.15, 0.2) is 5.65 Å². The molecular formula is C8H6ClN3O2. The molecule has 0 unspecified atom stereocenters. The van der Waals surface area contributed by atoms with Crippen molar-refractivity contribution in [1.29, 1.82) is 0 Å². The largest absolute Gasteiger partial charge is 0.465 e. The lowest BCUT2D eigenvalue weighted by molar-refractivity contribution is 0.0600. The summed E-state index contributed by atoms with van der Waals surface area (Å²) in [4.78, 5) is 21.7. The van der Waals surface area contributed by atoms with Crippen LogP contribution >= 0.6 is 11.6 Å². The van der Waals surface area contributed by atoms with Crippen molar-refractivity contribution in [2.45, 2.75) is 0 Å². The highest BCUT2D eigenvalue weighted by Crippen LogP contribution is 2.13. The third kappa shape index (κ3) is 1.42. The molecule has 6 heteroatoms. The Kier molecular flexibility index (Phi) is 2.09. The number of H-pyrrole nitrogens is 1. The summed E-state index contributed by atoms with van der Waals surface area (Å²) >= 11 is 5.63. The molecule has 0 saturated carbocycles. The molecule has 0 radical (unpaired) electrons. The number of aromatic amines is 1. The maximum Gasteiger partial charge on any atom is 0.339 e. The number of aromatic nitrogens is 3. The van der Waals surface area contributed by atoms with Crippen molar-refractivity contribution in [2.75, 3.05) is 7.11 Å². The summed E-state index contributed by atoms with van der Waals surface area (Å²) in [5.41, 5.74) is 1.45. The molecule has 2 aromatic heterocycles. The van der Waals surface area contributed by atoms with Crippen molar-refractivity contribution in [3.8, 4) is 0 Å². The van der Waals surface area contributed by atoms with Crippen LogP contribution in [-0.4, -0.2) is 28.0 Å². The molecular weight excluding hydrogens is 206 g/mol. The fourth-order valence-electron chi connectivity index (χ4n) is 1.10. The maximum atomic E-state index is 11.1. The standard InChI is InChI=1S/C8H6ClN3O2/c1-14-7(13)4-2-5-6(10-3-4)12-8(9)11-5/h2-3H,1H3,(H,10,11,12). The Morgan fingerprint density at radius 3 is 3.14 bits per heavy atom. The van der Waals surface area contributed by atoms with E-state index < -0.39 is 5.97 Å². The molecule has 0 bridgehead atoms. The van der Waals surface area contributed by atoms with Gasteiger partial charge in [-0.2, -0.15) is 4.98 Å². The van der Waals surface area contributed by atoms with Crippen molar-refractivity contribution in [3.63, 3.8) is 0 Å². The molecule has 72 valence electrons. The zero-order valence-electron chi connectivity index (χ0n) is 7.24. The third-order valence-corrected chi connectivity index (χ3v) is 1.91. The fraction of sp³-hybridized carbons (Fsp3) is 0.125. The maximum absolute atomic E-state index is 11.1. The van der Waals surface area contributed by atoms with Crippen molar-refractivity contribution in [3.05, 3.63) is 23.1 Å². The van der Waals surface area contributed by atoms with E-state index in [0.29, 0.717) is 16.7 Å². The van der Waals surface area contributed by atoms with Crippen LogP contribution in [0.1, 0.15) is 10.4 Å². The van der Waals surface area contributed by atoms with Gasteiger partial charge in [0, 0.05) is 6.20 Å². The zero-order valence-corrected chi connectivity index (χ0v) is 8.00. The topological polar surface area (TPSA) is 67.9 Å². The van der Waals surface area contributed by atoms with Crippen LogP contribution in [0, 0.1) is 0 Å². The Hall–Kier alpha value is -1.62. The summed E-state index contributed by atoms with van der Waals surface area (Å²) in [7, 11) is 1.31. The molecule has 0 aliphatic rings. The lowest BCUT2D eigenvalue weighted by atomic mass is 10.3. The van der Waals surface area contributed by atoms with Crippen molar-refractivity contribution in [1.82, 2.24) is 15.0 Å². The van der Waals surface area contributed by atoms with Crippen molar-refractivity contribution >= 4 is 28.7 Å². The molecule has 0 atom stereocenters. The summed E-state index contributed by atoms with van der Waals surface area (Å²) in [5, 5.41) is 0.245. The van der Waals surface area contributed by atoms with Crippen LogP contribution in [-0.2, 0) is 4.74 Å². The van der Waals surface area contributed by atoms with Gasteiger partial charge in [-0.15, -0.1) is 0 Å². The molecule has 2 rings (SSSR count). The van der Waals surface area contributed by atoms with Gasteiger partial charge in [-0.05, 0) is 17.7 Å². The number of rotatable bonds is 1. The molecule has 1 N–H and O–H groups in total. The Morgan fingerprint density at radius 2 is 2.43 bits per heavy atom. The number of ether oxygens (including phenoxy) is 1. The third-order valence-electron chi connectivity index (χ3n) is 1.73. The summed E-state index contributed by atoms with van der Waals surface area (Å²) in [5.74, 6) is -0.440. The summed E-state index contributed by atoms with van der Waals surface area (Å²) in [6.07, 6.45) is 1.39. The number of hydrogen-bond acceptors (Lipinski definition) is 4. The second kappa shape index (κ2) is 3.26. The minimum Gasteiger partial charge on any atom is -0.465 e.